The van der Waals surface area contributed by atoms with Crippen molar-refractivity contribution in [3.63, 3.8) is 0 Å². The third kappa shape index (κ3) is 5.23. The van der Waals surface area contributed by atoms with E-state index < -0.39 is 23.7 Å². The van der Waals surface area contributed by atoms with E-state index in [9.17, 15) is 14.4 Å². The molecule has 230 valence electrons. The van der Waals surface area contributed by atoms with E-state index in [0.717, 1.165) is 16.9 Å². The topological polar surface area (TPSA) is 99.4 Å². The molecule has 6 rings (SSSR count). The zero-order valence-corrected chi connectivity index (χ0v) is 26.9. The van der Waals surface area contributed by atoms with Crippen LogP contribution in [0.3, 0.4) is 0 Å². The smallest absolute Gasteiger partial charge is 0.338 e. The highest BCUT2D eigenvalue weighted by Gasteiger charge is 2.38. The van der Waals surface area contributed by atoms with Gasteiger partial charge in [0.05, 0.1) is 49.4 Å². The Hall–Kier alpha value is -4.67. The first kappa shape index (κ1) is 30.4. The second-order valence-corrected chi connectivity index (χ2v) is 12.2. The van der Waals surface area contributed by atoms with Gasteiger partial charge in [0.2, 0.25) is 0 Å². The van der Waals surface area contributed by atoms with Crippen LogP contribution in [0.15, 0.2) is 87.8 Å². The molecule has 11 heteroatoms. The number of methoxy groups -OCH3 is 2. The Morgan fingerprint density at radius 2 is 1.76 bits per heavy atom. The van der Waals surface area contributed by atoms with Crippen molar-refractivity contribution in [1.82, 2.24) is 4.57 Å². The van der Waals surface area contributed by atoms with Crippen LogP contribution in [0.25, 0.3) is 5.57 Å². The molecule has 0 N–H and O–H groups in total. The van der Waals surface area contributed by atoms with Gasteiger partial charge in [0.15, 0.2) is 4.80 Å². The van der Waals surface area contributed by atoms with Gasteiger partial charge in [0.25, 0.3) is 11.5 Å². The van der Waals surface area contributed by atoms with Crippen molar-refractivity contribution in [3.05, 3.63) is 119 Å². The predicted octanol–water partition coefficient (Wildman–Crippen LogP) is 4.77. The Labute approximate surface area is 268 Å². The normalized spacial score (nSPS) is 16.8. The molecule has 9 nitrogen and oxygen atoms in total. The maximum atomic E-state index is 14.6. The number of carbonyl (C=O) groups is 2. The van der Waals surface area contributed by atoms with Crippen LogP contribution < -0.4 is 29.3 Å². The molecule has 3 heterocycles. The first-order chi connectivity index (χ1) is 21.6. The van der Waals surface area contributed by atoms with Crippen molar-refractivity contribution < 1.29 is 23.8 Å². The van der Waals surface area contributed by atoms with Crippen molar-refractivity contribution in [2.24, 2.45) is 4.99 Å². The highest BCUT2D eigenvalue weighted by molar-refractivity contribution is 7.07. The summed E-state index contributed by atoms with van der Waals surface area (Å²) < 4.78 is 18.5. The van der Waals surface area contributed by atoms with Crippen LogP contribution in [0.5, 0.6) is 11.5 Å². The number of fused-ring (bicyclic) bond motifs is 2. The Bertz CT molecular complexity index is 2080. The SMILES string of the molecule is COc1ccc(OC)c([C@H]2C(C(=O)OC(C)C)=C(C)N=c3s/c(=C4\C(=O)N(Cc5ccccc5Cl)c5ccccc54)c(=O)n32)c1. The standard InChI is InChI=1S/C34H30ClN3O6S/c1-18(2)44-33(41)27-19(3)36-34-38(29(27)23-16-21(42-4)14-15-26(23)43-5)32(40)30(45-34)28-22-11-7-9-13-25(22)37(31(28)39)17-20-10-6-8-12-24(20)35/h6-16,18,29H,17H2,1-5H3/b30-28-/t29-/m0/s1. The fourth-order valence-electron chi connectivity index (χ4n) is 5.71. The van der Waals surface area contributed by atoms with E-state index in [1.54, 1.807) is 49.9 Å². The summed E-state index contributed by atoms with van der Waals surface area (Å²) >= 11 is 7.57. The maximum Gasteiger partial charge on any atom is 0.338 e. The highest BCUT2D eigenvalue weighted by atomic mass is 35.5. The lowest BCUT2D eigenvalue weighted by Gasteiger charge is -2.26. The Morgan fingerprint density at radius 1 is 1.02 bits per heavy atom. The Balaban J connectivity index is 1.61. The molecule has 1 amide bonds. The molecule has 0 saturated heterocycles. The summed E-state index contributed by atoms with van der Waals surface area (Å²) in [6.07, 6.45) is -0.408. The quantitative estimate of drug-likeness (QED) is 0.269. The Morgan fingerprint density at radius 3 is 2.47 bits per heavy atom. The molecule has 0 spiro atoms. The summed E-state index contributed by atoms with van der Waals surface area (Å²) in [7, 11) is 3.05. The number of rotatable bonds is 7. The molecule has 1 atom stereocenters. The van der Waals surface area contributed by atoms with Crippen molar-refractivity contribution in [3.8, 4) is 11.5 Å². The molecule has 0 unspecified atom stereocenters. The minimum atomic E-state index is -0.960. The van der Waals surface area contributed by atoms with E-state index in [1.165, 1.54) is 18.8 Å². The van der Waals surface area contributed by atoms with Crippen molar-refractivity contribution in [2.45, 2.75) is 39.5 Å². The highest BCUT2D eigenvalue weighted by Crippen LogP contribution is 2.39. The summed E-state index contributed by atoms with van der Waals surface area (Å²) in [5.74, 6) is 0.0215. The van der Waals surface area contributed by atoms with E-state index in [1.807, 2.05) is 42.5 Å². The Kier molecular flexibility index (Phi) is 8.11. The van der Waals surface area contributed by atoms with Gasteiger partial charge in [0.1, 0.15) is 22.1 Å². The molecular formula is C34H30ClN3O6S. The van der Waals surface area contributed by atoms with Crippen LogP contribution >= 0.6 is 22.9 Å². The number of amides is 1. The van der Waals surface area contributed by atoms with Crippen LogP contribution in [0.1, 0.15) is 43.5 Å². The third-order valence-electron chi connectivity index (χ3n) is 7.73. The van der Waals surface area contributed by atoms with Crippen LogP contribution in [0.2, 0.25) is 5.02 Å². The lowest BCUT2D eigenvalue weighted by atomic mass is 9.94. The number of benzene rings is 3. The number of hydrogen-bond donors (Lipinski definition) is 0. The third-order valence-corrected chi connectivity index (χ3v) is 9.15. The molecule has 2 aliphatic rings. The minimum Gasteiger partial charge on any atom is -0.497 e. The number of thiazole rings is 1. The lowest BCUT2D eigenvalue weighted by molar-refractivity contribution is -0.143. The van der Waals surface area contributed by atoms with Gasteiger partial charge in [-0.1, -0.05) is 59.3 Å². The fourth-order valence-corrected chi connectivity index (χ4v) is 7.04. The number of para-hydroxylation sites is 1. The van der Waals surface area contributed by atoms with Gasteiger partial charge < -0.3 is 19.1 Å². The molecule has 2 aliphatic heterocycles. The average molecular weight is 644 g/mol. The molecule has 45 heavy (non-hydrogen) atoms. The van der Waals surface area contributed by atoms with E-state index >= 15 is 0 Å². The molecule has 1 aromatic heterocycles. The molecular weight excluding hydrogens is 614 g/mol. The largest absolute Gasteiger partial charge is 0.497 e. The van der Waals surface area contributed by atoms with Crippen LogP contribution in [0.4, 0.5) is 5.69 Å². The maximum absolute atomic E-state index is 14.6. The number of allylic oxidation sites excluding steroid dienone is 1. The number of nitrogens with zero attached hydrogens (tertiary/aromatic N) is 3. The molecule has 0 radical (unpaired) electrons. The zero-order valence-electron chi connectivity index (χ0n) is 25.3. The van der Waals surface area contributed by atoms with Crippen LogP contribution in [0, 0.1) is 0 Å². The summed E-state index contributed by atoms with van der Waals surface area (Å²) in [4.78, 5) is 49.0. The number of aromatic nitrogens is 1. The van der Waals surface area contributed by atoms with Gasteiger partial charge in [-0.15, -0.1) is 0 Å². The number of esters is 1. The van der Waals surface area contributed by atoms with Crippen LogP contribution in [-0.2, 0) is 20.9 Å². The fraction of sp³-hybridized carbons (Fsp3) is 0.235. The van der Waals surface area contributed by atoms with Gasteiger partial charge in [-0.2, -0.15) is 0 Å². The van der Waals surface area contributed by atoms with E-state index in [2.05, 4.69) is 0 Å². The summed E-state index contributed by atoms with van der Waals surface area (Å²) in [6.45, 7) is 5.44. The van der Waals surface area contributed by atoms with Crippen molar-refractivity contribution in [1.29, 1.82) is 0 Å². The monoisotopic (exact) mass is 643 g/mol. The predicted molar refractivity (Wildman–Crippen MR) is 173 cm³/mol. The number of ether oxygens (including phenoxy) is 3. The molecule has 0 aliphatic carbocycles. The summed E-state index contributed by atoms with van der Waals surface area (Å²) in [5.41, 5.74) is 2.98. The van der Waals surface area contributed by atoms with Gasteiger partial charge in [-0.25, -0.2) is 9.79 Å². The molecule has 3 aromatic carbocycles. The zero-order chi connectivity index (χ0) is 32.0. The number of hydrogen-bond acceptors (Lipinski definition) is 8. The first-order valence-corrected chi connectivity index (χ1v) is 15.5. The van der Waals surface area contributed by atoms with E-state index in [4.69, 9.17) is 30.8 Å². The number of carbonyl (C=O) groups excluding carboxylic acids is 2. The van der Waals surface area contributed by atoms with Gasteiger partial charge in [-0.05, 0) is 56.7 Å². The molecule has 4 aromatic rings. The molecule has 0 fully saturated rings. The summed E-state index contributed by atoms with van der Waals surface area (Å²) in [5, 5.41) is 0.541. The summed E-state index contributed by atoms with van der Waals surface area (Å²) in [6, 6.07) is 18.9. The second-order valence-electron chi connectivity index (χ2n) is 10.8. The van der Waals surface area contributed by atoms with Gasteiger partial charge in [-0.3, -0.25) is 14.2 Å². The molecule has 0 saturated carbocycles. The second kappa shape index (κ2) is 12.0. The van der Waals surface area contributed by atoms with Crippen LogP contribution in [-0.4, -0.2) is 36.8 Å². The number of halogens is 1. The lowest BCUT2D eigenvalue weighted by Crippen LogP contribution is -2.41. The van der Waals surface area contributed by atoms with Crippen molar-refractivity contribution in [2.75, 3.05) is 19.1 Å². The van der Waals surface area contributed by atoms with Gasteiger partial charge in [0, 0.05) is 16.1 Å². The van der Waals surface area contributed by atoms with E-state index in [-0.39, 0.29) is 28.1 Å². The molecule has 0 bridgehead atoms. The van der Waals surface area contributed by atoms with Crippen molar-refractivity contribution >= 4 is 46.1 Å². The number of anilines is 1. The minimum absolute atomic E-state index is 0.192. The first-order valence-electron chi connectivity index (χ1n) is 14.3. The van der Waals surface area contributed by atoms with Gasteiger partial charge >= 0.3 is 5.97 Å². The average Bonchev–Trinajstić information content (AvgIpc) is 3.48. The van der Waals surface area contributed by atoms with E-state index in [0.29, 0.717) is 43.8 Å².